The number of amides is 1. The van der Waals surface area contributed by atoms with E-state index in [1.54, 1.807) is 10.9 Å². The lowest BCUT2D eigenvalue weighted by atomic mass is 10.3. The maximum Gasteiger partial charge on any atom is 0.232 e. The van der Waals surface area contributed by atoms with Crippen molar-refractivity contribution in [2.45, 2.75) is 17.9 Å². The number of hydrogen-bond donors (Lipinski definition) is 0. The van der Waals surface area contributed by atoms with Crippen molar-refractivity contribution in [2.24, 2.45) is 0 Å². The van der Waals surface area contributed by atoms with Crippen LogP contribution in [0.2, 0.25) is 5.02 Å². The Labute approximate surface area is 154 Å². The molecule has 0 atom stereocenters. The molecule has 1 fully saturated rings. The number of carbonyl (C=O) groups is 1. The number of hydrogen-bond acceptors (Lipinski definition) is 5. The Kier molecular flexibility index (Phi) is 4.59. The second-order valence-electron chi connectivity index (χ2n) is 5.83. The molecule has 1 aromatic carbocycles. The molecule has 1 saturated heterocycles. The van der Waals surface area contributed by atoms with Crippen molar-refractivity contribution in [3.63, 3.8) is 0 Å². The van der Waals surface area contributed by atoms with E-state index in [0.29, 0.717) is 16.4 Å². The van der Waals surface area contributed by atoms with E-state index in [4.69, 9.17) is 11.6 Å². The third-order valence-electron chi connectivity index (χ3n) is 4.19. The number of fused-ring (bicyclic) bond motifs is 1. The lowest BCUT2D eigenvalue weighted by Gasteiger charge is -2.14. The van der Waals surface area contributed by atoms with Crippen LogP contribution in [0.4, 0.5) is 0 Å². The first kappa shape index (κ1) is 16.4. The summed E-state index contributed by atoms with van der Waals surface area (Å²) < 4.78 is 1.75. The molecule has 1 amide bonds. The van der Waals surface area contributed by atoms with E-state index in [-0.39, 0.29) is 5.91 Å². The molecule has 0 unspecified atom stereocenters. The average Bonchev–Trinajstić information content (AvgIpc) is 3.30. The van der Waals surface area contributed by atoms with Crippen molar-refractivity contribution in [3.8, 4) is 5.69 Å². The Morgan fingerprint density at radius 2 is 1.92 bits per heavy atom. The van der Waals surface area contributed by atoms with Crippen molar-refractivity contribution in [1.29, 1.82) is 0 Å². The van der Waals surface area contributed by atoms with Crippen LogP contribution >= 0.6 is 23.4 Å². The highest BCUT2D eigenvalue weighted by molar-refractivity contribution is 8.00. The predicted octanol–water partition coefficient (Wildman–Crippen LogP) is 3.18. The lowest BCUT2D eigenvalue weighted by Crippen LogP contribution is -2.29. The van der Waals surface area contributed by atoms with E-state index in [0.717, 1.165) is 42.0 Å². The molecular weight excluding hydrogens is 358 g/mol. The van der Waals surface area contributed by atoms with Crippen LogP contribution in [0.3, 0.4) is 0 Å². The summed E-state index contributed by atoms with van der Waals surface area (Å²) in [4.78, 5) is 22.8. The Bertz CT molecular complexity index is 905. The van der Waals surface area contributed by atoms with Crippen LogP contribution in [0.5, 0.6) is 0 Å². The van der Waals surface area contributed by atoms with Gasteiger partial charge in [-0.1, -0.05) is 23.4 Å². The van der Waals surface area contributed by atoms with Gasteiger partial charge >= 0.3 is 0 Å². The standard InChI is InChI=1S/C17H16ClN5OS/c18-12-3-5-13(6-4-12)23-16-14(9-21-23)17(20-11-19-16)25-10-15(24)22-7-1-2-8-22/h3-6,9,11H,1-2,7-8,10H2. The van der Waals surface area contributed by atoms with Gasteiger partial charge in [0.1, 0.15) is 11.4 Å². The fourth-order valence-corrected chi connectivity index (χ4v) is 3.89. The van der Waals surface area contributed by atoms with Crippen LogP contribution < -0.4 is 0 Å². The van der Waals surface area contributed by atoms with Gasteiger partial charge in [-0.3, -0.25) is 4.79 Å². The van der Waals surface area contributed by atoms with Crippen molar-refractivity contribution in [2.75, 3.05) is 18.8 Å². The number of nitrogens with zero attached hydrogens (tertiary/aromatic N) is 5. The van der Waals surface area contributed by atoms with E-state index in [1.165, 1.54) is 18.1 Å². The minimum Gasteiger partial charge on any atom is -0.342 e. The molecule has 2 aromatic heterocycles. The zero-order valence-corrected chi connectivity index (χ0v) is 15.0. The van der Waals surface area contributed by atoms with Gasteiger partial charge in [0.25, 0.3) is 0 Å². The van der Waals surface area contributed by atoms with Crippen LogP contribution in [0.1, 0.15) is 12.8 Å². The number of benzene rings is 1. The molecule has 4 rings (SSSR count). The number of likely N-dealkylation sites (tertiary alicyclic amines) is 1. The molecule has 0 saturated carbocycles. The monoisotopic (exact) mass is 373 g/mol. The van der Waals surface area contributed by atoms with Gasteiger partial charge in [-0.05, 0) is 37.1 Å². The number of halogens is 1. The van der Waals surface area contributed by atoms with Gasteiger partial charge < -0.3 is 4.90 Å². The Hall–Kier alpha value is -2.12. The first-order valence-corrected chi connectivity index (χ1v) is 9.44. The Morgan fingerprint density at radius 1 is 1.16 bits per heavy atom. The number of thioether (sulfide) groups is 1. The highest BCUT2D eigenvalue weighted by Crippen LogP contribution is 2.26. The van der Waals surface area contributed by atoms with Gasteiger partial charge in [-0.25, -0.2) is 14.6 Å². The molecule has 0 spiro atoms. The lowest BCUT2D eigenvalue weighted by molar-refractivity contribution is -0.127. The molecule has 128 valence electrons. The van der Waals surface area contributed by atoms with Crippen molar-refractivity contribution < 1.29 is 4.79 Å². The molecule has 0 N–H and O–H groups in total. The first-order chi connectivity index (χ1) is 12.2. The Morgan fingerprint density at radius 3 is 2.68 bits per heavy atom. The van der Waals surface area contributed by atoms with E-state index < -0.39 is 0 Å². The smallest absolute Gasteiger partial charge is 0.232 e. The number of carbonyl (C=O) groups excluding carboxylic acids is 1. The predicted molar refractivity (Wildman–Crippen MR) is 98.2 cm³/mol. The number of aromatic nitrogens is 4. The minimum atomic E-state index is 0.166. The number of rotatable bonds is 4. The quantitative estimate of drug-likeness (QED) is 0.519. The van der Waals surface area contributed by atoms with E-state index >= 15 is 0 Å². The second-order valence-corrected chi connectivity index (χ2v) is 7.23. The summed E-state index contributed by atoms with van der Waals surface area (Å²) in [7, 11) is 0. The van der Waals surface area contributed by atoms with Gasteiger partial charge in [-0.15, -0.1) is 0 Å². The fourth-order valence-electron chi connectivity index (χ4n) is 2.90. The highest BCUT2D eigenvalue weighted by atomic mass is 35.5. The van der Waals surface area contributed by atoms with Gasteiger partial charge in [0.05, 0.1) is 23.0 Å². The molecular formula is C17H16ClN5OS. The molecule has 1 aliphatic rings. The third kappa shape index (κ3) is 3.34. The normalized spacial score (nSPS) is 14.4. The second kappa shape index (κ2) is 7.01. The molecule has 25 heavy (non-hydrogen) atoms. The highest BCUT2D eigenvalue weighted by Gasteiger charge is 2.19. The maximum absolute atomic E-state index is 12.2. The molecule has 0 radical (unpaired) electrons. The maximum atomic E-state index is 12.2. The van der Waals surface area contributed by atoms with Crippen LogP contribution in [0.25, 0.3) is 16.7 Å². The van der Waals surface area contributed by atoms with Gasteiger partial charge in [-0.2, -0.15) is 5.10 Å². The minimum absolute atomic E-state index is 0.166. The van der Waals surface area contributed by atoms with Crippen LogP contribution in [-0.4, -0.2) is 49.4 Å². The zero-order chi connectivity index (χ0) is 17.2. The summed E-state index contributed by atoms with van der Waals surface area (Å²) in [6, 6.07) is 7.41. The van der Waals surface area contributed by atoms with Gasteiger partial charge in [0.2, 0.25) is 5.91 Å². The van der Waals surface area contributed by atoms with E-state index in [1.807, 2.05) is 29.2 Å². The molecule has 8 heteroatoms. The summed E-state index contributed by atoms with van der Waals surface area (Å²) in [6.45, 7) is 1.74. The summed E-state index contributed by atoms with van der Waals surface area (Å²) in [5.41, 5.74) is 1.59. The molecule has 0 aliphatic carbocycles. The molecule has 3 aromatic rings. The van der Waals surface area contributed by atoms with Gasteiger partial charge in [0, 0.05) is 18.1 Å². The van der Waals surface area contributed by atoms with Crippen molar-refractivity contribution in [3.05, 3.63) is 41.8 Å². The largest absolute Gasteiger partial charge is 0.342 e. The summed E-state index contributed by atoms with van der Waals surface area (Å²) >= 11 is 7.39. The van der Waals surface area contributed by atoms with E-state index in [2.05, 4.69) is 15.1 Å². The first-order valence-electron chi connectivity index (χ1n) is 8.07. The zero-order valence-electron chi connectivity index (χ0n) is 13.4. The fraction of sp³-hybridized carbons (Fsp3) is 0.294. The molecule has 3 heterocycles. The summed E-state index contributed by atoms with van der Waals surface area (Å²) in [5, 5.41) is 6.72. The van der Waals surface area contributed by atoms with E-state index in [9.17, 15) is 4.79 Å². The average molecular weight is 374 g/mol. The van der Waals surface area contributed by atoms with Crippen LogP contribution in [0, 0.1) is 0 Å². The van der Waals surface area contributed by atoms with Gasteiger partial charge in [0.15, 0.2) is 5.65 Å². The summed E-state index contributed by atoms with van der Waals surface area (Å²) in [5.74, 6) is 0.553. The summed E-state index contributed by atoms with van der Waals surface area (Å²) in [6.07, 6.45) is 5.45. The SMILES string of the molecule is O=C(CSc1ncnc2c1cnn2-c1ccc(Cl)cc1)N1CCCC1. The molecule has 0 bridgehead atoms. The van der Waals surface area contributed by atoms with Crippen molar-refractivity contribution >= 4 is 40.3 Å². The van der Waals surface area contributed by atoms with Crippen molar-refractivity contribution in [1.82, 2.24) is 24.6 Å². The topological polar surface area (TPSA) is 63.9 Å². The molecule has 6 nitrogen and oxygen atoms in total. The van der Waals surface area contributed by atoms with Crippen LogP contribution in [-0.2, 0) is 4.79 Å². The molecule has 1 aliphatic heterocycles. The van der Waals surface area contributed by atoms with Crippen LogP contribution in [0.15, 0.2) is 41.8 Å². The third-order valence-corrected chi connectivity index (χ3v) is 5.43. The Balaban J connectivity index is 1.58.